The van der Waals surface area contributed by atoms with Gasteiger partial charge in [-0.3, -0.25) is 4.79 Å². The summed E-state index contributed by atoms with van der Waals surface area (Å²) in [4.78, 5) is 11.6. The number of halogens is 1. The van der Waals surface area contributed by atoms with Crippen molar-refractivity contribution in [1.82, 2.24) is 0 Å². The van der Waals surface area contributed by atoms with Crippen LogP contribution in [0.15, 0.2) is 42.5 Å². The predicted octanol–water partition coefficient (Wildman–Crippen LogP) is 5.51. The zero-order valence-corrected chi connectivity index (χ0v) is 13.4. The summed E-state index contributed by atoms with van der Waals surface area (Å²) in [5.41, 5.74) is 1.62. The van der Waals surface area contributed by atoms with E-state index >= 15 is 0 Å². The molecule has 0 saturated carbocycles. The van der Waals surface area contributed by atoms with E-state index in [0.29, 0.717) is 17.7 Å². The average molecular weight is 300 g/mol. The molecule has 0 fully saturated rings. The number of ketones is 1. The lowest BCUT2D eigenvalue weighted by molar-refractivity contribution is 0.0987. The Morgan fingerprint density at radius 1 is 1.09 bits per heavy atom. The van der Waals surface area contributed by atoms with Crippen LogP contribution in [0.5, 0.6) is 11.5 Å². The van der Waals surface area contributed by atoms with Gasteiger partial charge in [-0.2, -0.15) is 0 Å². The topological polar surface area (TPSA) is 26.3 Å². The zero-order chi connectivity index (χ0) is 16.3. The number of ether oxygens (including phenoxy) is 1. The van der Waals surface area contributed by atoms with Gasteiger partial charge in [-0.1, -0.05) is 39.8 Å². The minimum Gasteiger partial charge on any atom is -0.454 e. The summed E-state index contributed by atoms with van der Waals surface area (Å²) in [5.74, 6) is 0.0804. The molecular weight excluding hydrogens is 279 g/mol. The second-order valence-electron chi connectivity index (χ2n) is 6.30. The van der Waals surface area contributed by atoms with Crippen molar-refractivity contribution in [2.75, 3.05) is 0 Å². The van der Waals surface area contributed by atoms with E-state index in [0.717, 1.165) is 0 Å². The molecule has 0 N–H and O–H groups in total. The highest BCUT2D eigenvalue weighted by Crippen LogP contribution is 2.28. The molecule has 2 aromatic rings. The SMILES string of the molecule is CCC(=O)c1ccc(Oc2ccc(C(C)(C)C)cc2)c(F)c1. The van der Waals surface area contributed by atoms with Crippen molar-refractivity contribution in [3.05, 3.63) is 59.4 Å². The Balaban J connectivity index is 2.19. The lowest BCUT2D eigenvalue weighted by Gasteiger charge is -2.19. The van der Waals surface area contributed by atoms with Crippen LogP contribution in [0.1, 0.15) is 50.0 Å². The molecular formula is C19H21FO2. The molecule has 2 aromatic carbocycles. The molecule has 0 aliphatic heterocycles. The van der Waals surface area contributed by atoms with E-state index in [4.69, 9.17) is 4.74 Å². The maximum absolute atomic E-state index is 14.0. The van der Waals surface area contributed by atoms with Gasteiger partial charge in [0.15, 0.2) is 17.3 Å². The molecule has 0 spiro atoms. The highest BCUT2D eigenvalue weighted by Gasteiger charge is 2.14. The molecule has 0 saturated heterocycles. The normalized spacial score (nSPS) is 11.3. The van der Waals surface area contributed by atoms with Crippen LogP contribution in [0, 0.1) is 5.82 Å². The molecule has 0 radical (unpaired) electrons. The number of hydrogen-bond acceptors (Lipinski definition) is 2. The second-order valence-corrected chi connectivity index (χ2v) is 6.30. The molecule has 0 aromatic heterocycles. The van der Waals surface area contributed by atoms with E-state index in [1.165, 1.54) is 17.7 Å². The first kappa shape index (κ1) is 16.2. The minimum atomic E-state index is -0.529. The van der Waals surface area contributed by atoms with Gasteiger partial charge in [-0.15, -0.1) is 0 Å². The van der Waals surface area contributed by atoms with Gasteiger partial charge < -0.3 is 4.74 Å². The molecule has 22 heavy (non-hydrogen) atoms. The van der Waals surface area contributed by atoms with E-state index in [1.54, 1.807) is 13.0 Å². The molecule has 0 amide bonds. The molecule has 0 aliphatic rings. The summed E-state index contributed by atoms with van der Waals surface area (Å²) in [5, 5.41) is 0. The molecule has 116 valence electrons. The van der Waals surface area contributed by atoms with Gasteiger partial charge in [0.2, 0.25) is 0 Å². The quantitative estimate of drug-likeness (QED) is 0.696. The van der Waals surface area contributed by atoms with Crippen LogP contribution in [-0.4, -0.2) is 5.78 Å². The van der Waals surface area contributed by atoms with Crippen LogP contribution in [-0.2, 0) is 5.41 Å². The Hall–Kier alpha value is -2.16. The van der Waals surface area contributed by atoms with Gasteiger partial charge >= 0.3 is 0 Å². The number of hydrogen-bond donors (Lipinski definition) is 0. The molecule has 0 unspecified atom stereocenters. The fraction of sp³-hybridized carbons (Fsp3) is 0.316. The fourth-order valence-electron chi connectivity index (χ4n) is 2.11. The summed E-state index contributed by atoms with van der Waals surface area (Å²) < 4.78 is 19.6. The molecule has 2 rings (SSSR count). The standard InChI is InChI=1S/C19H21FO2/c1-5-17(21)13-6-11-18(16(20)12-13)22-15-9-7-14(8-10-15)19(2,3)4/h6-12H,5H2,1-4H3. The number of carbonyl (C=O) groups excluding carboxylic acids is 1. The lowest BCUT2D eigenvalue weighted by Crippen LogP contribution is -2.10. The Labute approximate surface area is 130 Å². The van der Waals surface area contributed by atoms with Crippen molar-refractivity contribution in [1.29, 1.82) is 0 Å². The first-order valence-electron chi connectivity index (χ1n) is 7.42. The maximum atomic E-state index is 14.0. The van der Waals surface area contributed by atoms with Crippen molar-refractivity contribution >= 4 is 5.78 Å². The first-order valence-corrected chi connectivity index (χ1v) is 7.42. The van der Waals surface area contributed by atoms with Gasteiger partial charge in [0.05, 0.1) is 0 Å². The molecule has 2 nitrogen and oxygen atoms in total. The second kappa shape index (κ2) is 6.30. The van der Waals surface area contributed by atoms with E-state index < -0.39 is 5.82 Å². The summed E-state index contributed by atoms with van der Waals surface area (Å²) in [6.07, 6.45) is 0.355. The predicted molar refractivity (Wildman–Crippen MR) is 86.2 cm³/mol. The van der Waals surface area contributed by atoms with Crippen molar-refractivity contribution in [2.45, 2.75) is 39.5 Å². The third kappa shape index (κ3) is 3.73. The van der Waals surface area contributed by atoms with E-state index in [2.05, 4.69) is 20.8 Å². The van der Waals surface area contributed by atoms with E-state index in [-0.39, 0.29) is 16.9 Å². The molecule has 0 heterocycles. The monoisotopic (exact) mass is 300 g/mol. The maximum Gasteiger partial charge on any atom is 0.166 e. The van der Waals surface area contributed by atoms with Gasteiger partial charge in [0, 0.05) is 12.0 Å². The van der Waals surface area contributed by atoms with Gasteiger partial charge in [-0.25, -0.2) is 4.39 Å². The Kier molecular flexibility index (Phi) is 4.65. The van der Waals surface area contributed by atoms with Crippen LogP contribution >= 0.6 is 0 Å². The van der Waals surface area contributed by atoms with Crippen molar-refractivity contribution in [3.8, 4) is 11.5 Å². The number of benzene rings is 2. The summed E-state index contributed by atoms with van der Waals surface area (Å²) in [7, 11) is 0. The van der Waals surface area contributed by atoms with Crippen LogP contribution in [0.2, 0.25) is 0 Å². The smallest absolute Gasteiger partial charge is 0.166 e. The van der Waals surface area contributed by atoms with Gasteiger partial charge in [0.1, 0.15) is 5.75 Å². The van der Waals surface area contributed by atoms with Crippen molar-refractivity contribution in [2.24, 2.45) is 0 Å². The third-order valence-corrected chi connectivity index (χ3v) is 3.52. The van der Waals surface area contributed by atoms with E-state index in [9.17, 15) is 9.18 Å². The average Bonchev–Trinajstić information content (AvgIpc) is 2.48. The lowest BCUT2D eigenvalue weighted by atomic mass is 9.87. The summed E-state index contributed by atoms with van der Waals surface area (Å²) >= 11 is 0. The summed E-state index contributed by atoms with van der Waals surface area (Å²) in [6, 6.07) is 11.9. The minimum absolute atomic E-state index is 0.0615. The van der Waals surface area contributed by atoms with Gasteiger partial charge in [0.25, 0.3) is 0 Å². The van der Waals surface area contributed by atoms with Crippen molar-refractivity contribution in [3.63, 3.8) is 0 Å². The van der Waals surface area contributed by atoms with Crippen LogP contribution in [0.4, 0.5) is 4.39 Å². The first-order chi connectivity index (χ1) is 10.3. The number of carbonyl (C=O) groups is 1. The van der Waals surface area contributed by atoms with Crippen LogP contribution < -0.4 is 4.74 Å². The highest BCUT2D eigenvalue weighted by atomic mass is 19.1. The zero-order valence-electron chi connectivity index (χ0n) is 13.4. The fourth-order valence-corrected chi connectivity index (χ4v) is 2.11. The number of rotatable bonds is 4. The Morgan fingerprint density at radius 3 is 2.23 bits per heavy atom. The Bertz CT molecular complexity index is 667. The van der Waals surface area contributed by atoms with Crippen LogP contribution in [0.25, 0.3) is 0 Å². The summed E-state index contributed by atoms with van der Waals surface area (Å²) in [6.45, 7) is 8.14. The number of Topliss-reactive ketones (excluding diaryl/α,β-unsaturated/α-hetero) is 1. The van der Waals surface area contributed by atoms with E-state index in [1.807, 2.05) is 24.3 Å². The molecule has 0 atom stereocenters. The Morgan fingerprint density at radius 2 is 1.73 bits per heavy atom. The molecule has 3 heteroatoms. The largest absolute Gasteiger partial charge is 0.454 e. The highest BCUT2D eigenvalue weighted by molar-refractivity contribution is 5.95. The molecule has 0 aliphatic carbocycles. The van der Waals surface area contributed by atoms with Gasteiger partial charge in [-0.05, 0) is 41.3 Å². The third-order valence-electron chi connectivity index (χ3n) is 3.52. The van der Waals surface area contributed by atoms with Crippen LogP contribution in [0.3, 0.4) is 0 Å². The molecule has 0 bridgehead atoms. The van der Waals surface area contributed by atoms with Crippen molar-refractivity contribution < 1.29 is 13.9 Å².